The van der Waals surface area contributed by atoms with Crippen molar-refractivity contribution >= 4 is 11.6 Å². The van der Waals surface area contributed by atoms with Crippen molar-refractivity contribution in [1.29, 1.82) is 0 Å². The Morgan fingerprint density at radius 3 is 2.50 bits per heavy atom. The van der Waals surface area contributed by atoms with E-state index in [0.717, 1.165) is 19.2 Å². The molecule has 30 heavy (non-hydrogen) atoms. The van der Waals surface area contributed by atoms with Crippen LogP contribution in [0.3, 0.4) is 0 Å². The van der Waals surface area contributed by atoms with Crippen molar-refractivity contribution in [3.8, 4) is 17.2 Å². The molecule has 2 heterocycles. The number of ether oxygens (including phenoxy) is 1. The summed E-state index contributed by atoms with van der Waals surface area (Å²) < 4.78 is 59.8. The summed E-state index contributed by atoms with van der Waals surface area (Å²) in [6, 6.07) is 5.18. The first-order valence-electron chi connectivity index (χ1n) is 8.56. The van der Waals surface area contributed by atoms with E-state index in [1.807, 2.05) is 6.92 Å². The number of aryl methyl sites for hydroxylation is 1. The first-order valence-corrected chi connectivity index (χ1v) is 8.93. The number of alkyl halides is 3. The lowest BCUT2D eigenvalue weighted by atomic mass is 10.2. The Morgan fingerprint density at radius 2 is 1.87 bits per heavy atom. The molecule has 0 N–H and O–H groups in total. The molecule has 6 nitrogen and oxygen atoms in total. The van der Waals surface area contributed by atoms with Crippen LogP contribution in [0.5, 0.6) is 11.5 Å². The lowest BCUT2D eigenvalue weighted by molar-refractivity contribution is -0.144. The van der Waals surface area contributed by atoms with Gasteiger partial charge in [-0.3, -0.25) is 14.3 Å². The van der Waals surface area contributed by atoms with Crippen LogP contribution in [0.2, 0.25) is 5.02 Å². The number of benzene rings is 1. The molecular weight excluding hydrogens is 430 g/mol. The van der Waals surface area contributed by atoms with Crippen LogP contribution in [0.15, 0.2) is 46.1 Å². The highest BCUT2D eigenvalue weighted by atomic mass is 35.5. The molecule has 0 spiro atoms. The van der Waals surface area contributed by atoms with Gasteiger partial charge in [-0.1, -0.05) is 18.5 Å². The van der Waals surface area contributed by atoms with Crippen molar-refractivity contribution < 1.29 is 22.3 Å². The first-order chi connectivity index (χ1) is 14.0. The maximum absolute atomic E-state index is 14.5. The molecule has 0 radical (unpaired) electrons. The Morgan fingerprint density at radius 1 is 1.17 bits per heavy atom. The van der Waals surface area contributed by atoms with Gasteiger partial charge in [0.15, 0.2) is 0 Å². The molecule has 158 valence electrons. The topological polar surface area (TPSA) is 66.1 Å². The molecule has 0 saturated heterocycles. The average molecular weight is 444 g/mol. The van der Waals surface area contributed by atoms with Gasteiger partial charge in [0.1, 0.15) is 23.0 Å². The van der Waals surface area contributed by atoms with E-state index in [2.05, 4.69) is 4.98 Å². The number of halogens is 5. The van der Waals surface area contributed by atoms with Gasteiger partial charge >= 0.3 is 11.9 Å². The summed E-state index contributed by atoms with van der Waals surface area (Å²) in [5.41, 5.74) is -4.22. The number of aromatic nitrogens is 3. The minimum Gasteiger partial charge on any atom is -0.454 e. The Balaban J connectivity index is 2.19. The first kappa shape index (κ1) is 21.6. The number of pyridine rings is 1. The van der Waals surface area contributed by atoms with Crippen LogP contribution >= 0.6 is 11.6 Å². The largest absolute Gasteiger partial charge is 0.454 e. The van der Waals surface area contributed by atoms with Gasteiger partial charge in [-0.25, -0.2) is 13.8 Å². The van der Waals surface area contributed by atoms with E-state index in [-0.39, 0.29) is 26.0 Å². The summed E-state index contributed by atoms with van der Waals surface area (Å²) in [5, 5.41) is -0.168. The molecule has 0 aliphatic heterocycles. The summed E-state index contributed by atoms with van der Waals surface area (Å²) in [7, 11) is 0.829. The fourth-order valence-electron chi connectivity index (χ4n) is 2.79. The SMILES string of the molecule is CCc1ncccc1Oc1cc(-n2c(=O)cc(C(F)(F)F)n(C)c2=O)c(F)cc1Cl. The van der Waals surface area contributed by atoms with Crippen molar-refractivity contribution in [2.75, 3.05) is 0 Å². The second-order valence-corrected chi connectivity index (χ2v) is 6.59. The van der Waals surface area contributed by atoms with Crippen molar-refractivity contribution in [1.82, 2.24) is 14.1 Å². The average Bonchev–Trinajstić information content (AvgIpc) is 2.67. The molecule has 0 fully saturated rings. The highest BCUT2D eigenvalue weighted by molar-refractivity contribution is 6.32. The van der Waals surface area contributed by atoms with E-state index in [0.29, 0.717) is 17.9 Å². The Labute approximate surface area is 171 Å². The number of rotatable bonds is 4. The highest BCUT2D eigenvalue weighted by Gasteiger charge is 2.35. The minimum atomic E-state index is -4.93. The molecule has 0 unspecified atom stereocenters. The summed E-state index contributed by atoms with van der Waals surface area (Å²) in [4.78, 5) is 28.8. The van der Waals surface area contributed by atoms with Crippen LogP contribution < -0.4 is 16.0 Å². The zero-order chi connectivity index (χ0) is 22.2. The van der Waals surface area contributed by atoms with Gasteiger partial charge in [0.05, 0.1) is 16.4 Å². The fraction of sp³-hybridized carbons (Fsp3) is 0.211. The van der Waals surface area contributed by atoms with Gasteiger partial charge < -0.3 is 4.74 Å². The van der Waals surface area contributed by atoms with Gasteiger partial charge in [0.25, 0.3) is 5.56 Å². The van der Waals surface area contributed by atoms with E-state index in [1.165, 1.54) is 0 Å². The van der Waals surface area contributed by atoms with Crippen LogP contribution in [-0.4, -0.2) is 14.1 Å². The smallest absolute Gasteiger partial charge is 0.431 e. The van der Waals surface area contributed by atoms with Gasteiger partial charge in [-0.2, -0.15) is 13.2 Å². The summed E-state index contributed by atoms with van der Waals surface area (Å²) in [6.07, 6.45) is -2.87. The predicted molar refractivity (Wildman–Crippen MR) is 101 cm³/mol. The van der Waals surface area contributed by atoms with Gasteiger partial charge in [-0.15, -0.1) is 0 Å². The second kappa shape index (κ2) is 7.94. The maximum Gasteiger partial charge on any atom is 0.431 e. The van der Waals surface area contributed by atoms with Crippen LogP contribution in [0, 0.1) is 5.82 Å². The van der Waals surface area contributed by atoms with E-state index in [9.17, 15) is 27.2 Å². The molecule has 1 aromatic carbocycles. The summed E-state index contributed by atoms with van der Waals surface area (Å²) in [6.45, 7) is 1.83. The van der Waals surface area contributed by atoms with E-state index < -0.39 is 34.6 Å². The van der Waals surface area contributed by atoms with Crippen LogP contribution in [0.4, 0.5) is 17.6 Å². The third-order valence-electron chi connectivity index (χ3n) is 4.26. The molecule has 0 amide bonds. The normalized spacial score (nSPS) is 11.6. The third kappa shape index (κ3) is 3.95. The zero-order valence-corrected chi connectivity index (χ0v) is 16.4. The molecule has 0 saturated carbocycles. The van der Waals surface area contributed by atoms with Crippen molar-refractivity contribution in [2.24, 2.45) is 7.05 Å². The quantitative estimate of drug-likeness (QED) is 0.569. The predicted octanol–water partition coefficient (Wildman–Crippen LogP) is 4.10. The monoisotopic (exact) mass is 443 g/mol. The molecule has 3 aromatic rings. The van der Waals surface area contributed by atoms with E-state index in [1.54, 1.807) is 18.3 Å². The molecule has 0 aliphatic carbocycles. The Hall–Kier alpha value is -3.14. The van der Waals surface area contributed by atoms with Crippen LogP contribution in [-0.2, 0) is 19.6 Å². The Kier molecular flexibility index (Phi) is 5.71. The molecule has 3 rings (SSSR count). The van der Waals surface area contributed by atoms with Gasteiger partial charge in [0, 0.05) is 25.4 Å². The minimum absolute atomic E-state index is 0.107. The van der Waals surface area contributed by atoms with Gasteiger partial charge in [-0.05, 0) is 24.6 Å². The highest BCUT2D eigenvalue weighted by Crippen LogP contribution is 2.34. The number of nitrogens with zero attached hydrogens (tertiary/aromatic N) is 3. The molecular formula is C19H14ClF4N3O3. The van der Waals surface area contributed by atoms with Crippen molar-refractivity contribution in [3.05, 3.63) is 79.6 Å². The number of hydrogen-bond donors (Lipinski definition) is 0. The van der Waals surface area contributed by atoms with Crippen LogP contribution in [0.25, 0.3) is 5.69 Å². The summed E-state index contributed by atoms with van der Waals surface area (Å²) >= 11 is 6.03. The van der Waals surface area contributed by atoms with E-state index in [4.69, 9.17) is 16.3 Å². The Bertz CT molecular complexity index is 1240. The molecule has 11 heteroatoms. The maximum atomic E-state index is 14.5. The standard InChI is InChI=1S/C19H14ClF4N3O3/c1-3-12-14(5-4-6-25-12)30-15-8-13(11(21)7-10(15)20)27-17(28)9-16(19(22,23)24)26(2)18(27)29/h4-9H,3H2,1-2H3. The molecule has 0 atom stereocenters. The molecule has 0 aliphatic rings. The van der Waals surface area contributed by atoms with E-state index >= 15 is 0 Å². The fourth-order valence-corrected chi connectivity index (χ4v) is 2.98. The number of hydrogen-bond acceptors (Lipinski definition) is 4. The third-order valence-corrected chi connectivity index (χ3v) is 4.55. The summed E-state index contributed by atoms with van der Waals surface area (Å²) in [5.74, 6) is -0.884. The lowest BCUT2D eigenvalue weighted by Gasteiger charge is -2.16. The molecule has 0 bridgehead atoms. The van der Waals surface area contributed by atoms with Crippen LogP contribution in [0.1, 0.15) is 18.3 Å². The molecule has 2 aromatic heterocycles. The van der Waals surface area contributed by atoms with Gasteiger partial charge in [0.2, 0.25) is 0 Å². The van der Waals surface area contributed by atoms with Crippen molar-refractivity contribution in [2.45, 2.75) is 19.5 Å². The lowest BCUT2D eigenvalue weighted by Crippen LogP contribution is -2.41. The van der Waals surface area contributed by atoms with Crippen molar-refractivity contribution in [3.63, 3.8) is 0 Å². The zero-order valence-electron chi connectivity index (χ0n) is 15.6. The second-order valence-electron chi connectivity index (χ2n) is 6.18.